The highest BCUT2D eigenvalue weighted by molar-refractivity contribution is 5.90. The first-order chi connectivity index (χ1) is 15.5. The highest BCUT2D eigenvalue weighted by atomic mass is 19.4. The normalized spacial score (nSPS) is 33.5. The van der Waals surface area contributed by atoms with Crippen molar-refractivity contribution in [1.82, 2.24) is 0 Å². The second-order valence-electron chi connectivity index (χ2n) is 9.19. The molecule has 8 nitrogen and oxygen atoms in total. The number of carbonyl (C=O) groups is 4. The summed E-state index contributed by atoms with van der Waals surface area (Å²) < 4.78 is 58.4. The van der Waals surface area contributed by atoms with E-state index in [1.807, 2.05) is 6.92 Å². The second-order valence-corrected chi connectivity index (χ2v) is 9.19. The third kappa shape index (κ3) is 4.10. The molecule has 0 aromatic carbocycles. The molecule has 1 saturated heterocycles. The Balaban J connectivity index is 1.41. The van der Waals surface area contributed by atoms with E-state index >= 15 is 0 Å². The monoisotopic (exact) mass is 474 g/mol. The van der Waals surface area contributed by atoms with E-state index in [-0.39, 0.29) is 5.92 Å². The van der Waals surface area contributed by atoms with E-state index in [0.29, 0.717) is 12.8 Å². The van der Waals surface area contributed by atoms with Crippen molar-refractivity contribution in [2.45, 2.75) is 69.4 Å². The molecule has 0 N–H and O–H groups in total. The lowest BCUT2D eigenvalue weighted by Crippen LogP contribution is -2.46. The quantitative estimate of drug-likeness (QED) is 0.315. The van der Waals surface area contributed by atoms with Gasteiger partial charge in [0, 0.05) is 11.8 Å². The topological polar surface area (TPSA) is 105 Å². The van der Waals surface area contributed by atoms with Crippen molar-refractivity contribution in [2.24, 2.45) is 23.7 Å². The van der Waals surface area contributed by atoms with Gasteiger partial charge in [0.2, 0.25) is 0 Å². The zero-order valence-electron chi connectivity index (χ0n) is 18.0. The van der Waals surface area contributed by atoms with Crippen LogP contribution in [0.2, 0.25) is 0 Å². The van der Waals surface area contributed by atoms with Gasteiger partial charge in [-0.05, 0) is 38.5 Å². The van der Waals surface area contributed by atoms with Crippen LogP contribution in [-0.4, -0.2) is 54.5 Å². The molecule has 4 aliphatic rings. The Morgan fingerprint density at radius 3 is 2.45 bits per heavy atom. The standard InChI is InChI=1S/C22H25F3O8/c1-3-21(6-4-5-7-21)33-20(29)15-12-8-11-14(15)19(28)32-17(11)16(12)31-13(26)9-30-18(27)10(2)22(23,24)25/h11-12,14-17H,2-9H2,1H3. The van der Waals surface area contributed by atoms with Crippen LogP contribution in [0.15, 0.2) is 12.2 Å². The van der Waals surface area contributed by atoms with Crippen molar-refractivity contribution >= 4 is 23.9 Å². The zero-order chi connectivity index (χ0) is 24.1. The molecule has 2 bridgehead atoms. The van der Waals surface area contributed by atoms with Gasteiger partial charge in [-0.15, -0.1) is 0 Å². The smallest absolute Gasteiger partial charge is 0.422 e. The van der Waals surface area contributed by atoms with E-state index < -0.39 is 77.8 Å². The van der Waals surface area contributed by atoms with Gasteiger partial charge in [-0.3, -0.25) is 9.59 Å². The number of halogens is 3. The lowest BCUT2D eigenvalue weighted by atomic mass is 9.78. The minimum absolute atomic E-state index is 0.313. The molecule has 182 valence electrons. The van der Waals surface area contributed by atoms with E-state index in [0.717, 1.165) is 25.7 Å². The molecule has 1 heterocycles. The first kappa shape index (κ1) is 23.6. The zero-order valence-corrected chi connectivity index (χ0v) is 18.0. The minimum atomic E-state index is -4.98. The Morgan fingerprint density at radius 1 is 1.18 bits per heavy atom. The molecule has 3 aliphatic carbocycles. The molecule has 0 radical (unpaired) electrons. The van der Waals surface area contributed by atoms with Crippen LogP contribution in [0.4, 0.5) is 13.2 Å². The van der Waals surface area contributed by atoms with Crippen LogP contribution in [0.5, 0.6) is 0 Å². The van der Waals surface area contributed by atoms with Gasteiger partial charge in [0.15, 0.2) is 6.61 Å². The summed E-state index contributed by atoms with van der Waals surface area (Å²) in [6.45, 7) is 3.47. The van der Waals surface area contributed by atoms with Gasteiger partial charge in [0.1, 0.15) is 23.4 Å². The molecule has 4 fully saturated rings. The Morgan fingerprint density at radius 2 is 1.85 bits per heavy atom. The third-order valence-electron chi connectivity index (χ3n) is 7.47. The number of alkyl halides is 3. The van der Waals surface area contributed by atoms with E-state index in [1.54, 1.807) is 0 Å². The first-order valence-corrected chi connectivity index (χ1v) is 11.0. The van der Waals surface area contributed by atoms with Crippen LogP contribution in [-0.2, 0) is 38.1 Å². The van der Waals surface area contributed by atoms with Crippen LogP contribution in [0.25, 0.3) is 0 Å². The number of hydrogen-bond donors (Lipinski definition) is 0. The molecular formula is C22H25F3O8. The second kappa shape index (κ2) is 8.32. The van der Waals surface area contributed by atoms with E-state index in [1.165, 1.54) is 0 Å². The molecule has 33 heavy (non-hydrogen) atoms. The molecule has 11 heteroatoms. The Hall–Kier alpha value is -2.59. The predicted octanol–water partition coefficient (Wildman–Crippen LogP) is 2.63. The van der Waals surface area contributed by atoms with Crippen molar-refractivity contribution in [3.63, 3.8) is 0 Å². The van der Waals surface area contributed by atoms with E-state index in [9.17, 15) is 32.3 Å². The number of esters is 4. The lowest BCUT2D eigenvalue weighted by Gasteiger charge is -2.34. The molecule has 6 unspecified atom stereocenters. The maximum Gasteiger partial charge on any atom is 0.422 e. The summed E-state index contributed by atoms with van der Waals surface area (Å²) in [6, 6.07) is 0. The molecular weight excluding hydrogens is 449 g/mol. The van der Waals surface area contributed by atoms with Crippen LogP contribution in [0, 0.1) is 23.7 Å². The van der Waals surface area contributed by atoms with Crippen molar-refractivity contribution in [3.8, 4) is 0 Å². The van der Waals surface area contributed by atoms with Crippen LogP contribution >= 0.6 is 0 Å². The first-order valence-electron chi connectivity index (χ1n) is 11.0. The molecule has 0 amide bonds. The summed E-state index contributed by atoms with van der Waals surface area (Å²) in [4.78, 5) is 49.2. The fraction of sp³-hybridized carbons (Fsp3) is 0.727. The third-order valence-corrected chi connectivity index (χ3v) is 7.47. The minimum Gasteiger partial charge on any atom is -0.459 e. The number of fused-ring (bicyclic) bond motifs is 1. The number of rotatable bonds is 7. The van der Waals surface area contributed by atoms with Gasteiger partial charge in [-0.2, -0.15) is 13.2 Å². The van der Waals surface area contributed by atoms with Crippen LogP contribution in [0.1, 0.15) is 45.4 Å². The number of hydrogen-bond acceptors (Lipinski definition) is 8. The Kier molecular flexibility index (Phi) is 5.94. The lowest BCUT2D eigenvalue weighted by molar-refractivity contribution is -0.177. The maximum atomic E-state index is 13.1. The summed E-state index contributed by atoms with van der Waals surface area (Å²) >= 11 is 0. The molecule has 0 spiro atoms. The van der Waals surface area contributed by atoms with Crippen LogP contribution in [0.3, 0.4) is 0 Å². The highest BCUT2D eigenvalue weighted by Gasteiger charge is 2.70. The fourth-order valence-corrected chi connectivity index (χ4v) is 5.81. The van der Waals surface area contributed by atoms with Gasteiger partial charge in [-0.1, -0.05) is 13.5 Å². The summed E-state index contributed by atoms with van der Waals surface area (Å²) in [5.74, 6) is -6.27. The Labute approximate surface area is 187 Å². The van der Waals surface area contributed by atoms with Gasteiger partial charge >= 0.3 is 30.1 Å². The average molecular weight is 474 g/mol. The summed E-state index contributed by atoms with van der Waals surface area (Å²) in [5.41, 5.74) is -2.30. The number of carbonyl (C=O) groups excluding carboxylic acids is 4. The molecule has 0 aromatic rings. The molecule has 1 aliphatic heterocycles. The van der Waals surface area contributed by atoms with Gasteiger partial charge in [0.05, 0.1) is 11.8 Å². The maximum absolute atomic E-state index is 13.1. The molecule has 6 atom stereocenters. The molecule has 0 aromatic heterocycles. The number of ether oxygens (including phenoxy) is 4. The fourth-order valence-electron chi connectivity index (χ4n) is 5.81. The van der Waals surface area contributed by atoms with Gasteiger partial charge in [0.25, 0.3) is 0 Å². The summed E-state index contributed by atoms with van der Waals surface area (Å²) in [6.07, 6.45) is -2.21. The van der Waals surface area contributed by atoms with Gasteiger partial charge in [-0.25, -0.2) is 9.59 Å². The van der Waals surface area contributed by atoms with Crippen molar-refractivity contribution in [3.05, 3.63) is 12.2 Å². The SMILES string of the molecule is C=C(C(=O)OCC(=O)OC1C2CC3C1OC(=O)C3C2C(=O)OC1(CC)CCCC1)C(F)(F)F. The van der Waals surface area contributed by atoms with E-state index in [2.05, 4.69) is 11.3 Å². The highest BCUT2D eigenvalue weighted by Crippen LogP contribution is 2.59. The van der Waals surface area contributed by atoms with Crippen molar-refractivity contribution in [1.29, 1.82) is 0 Å². The van der Waals surface area contributed by atoms with Gasteiger partial charge < -0.3 is 18.9 Å². The Bertz CT molecular complexity index is 875. The molecule has 4 rings (SSSR count). The predicted molar refractivity (Wildman–Crippen MR) is 102 cm³/mol. The van der Waals surface area contributed by atoms with Crippen LogP contribution < -0.4 is 0 Å². The average Bonchev–Trinajstić information content (AvgIpc) is 3.49. The molecule has 3 saturated carbocycles. The van der Waals surface area contributed by atoms with Crippen molar-refractivity contribution in [2.75, 3.05) is 6.61 Å². The largest absolute Gasteiger partial charge is 0.459 e. The van der Waals surface area contributed by atoms with E-state index in [4.69, 9.17) is 14.2 Å². The summed E-state index contributed by atoms with van der Waals surface area (Å²) in [7, 11) is 0. The summed E-state index contributed by atoms with van der Waals surface area (Å²) in [5, 5.41) is 0. The van der Waals surface area contributed by atoms with Crippen molar-refractivity contribution < 1.29 is 51.3 Å².